The quantitative estimate of drug-likeness (QED) is 0.530. The van der Waals surface area contributed by atoms with Gasteiger partial charge < -0.3 is 5.32 Å². The van der Waals surface area contributed by atoms with Crippen molar-refractivity contribution in [3.63, 3.8) is 0 Å². The van der Waals surface area contributed by atoms with E-state index in [0.717, 1.165) is 10.5 Å². The van der Waals surface area contributed by atoms with Crippen molar-refractivity contribution in [3.8, 4) is 6.07 Å². The second-order valence-corrected chi connectivity index (χ2v) is 7.82. The van der Waals surface area contributed by atoms with Gasteiger partial charge in [-0.3, -0.25) is 9.59 Å². The van der Waals surface area contributed by atoms with Crippen LogP contribution in [0.15, 0.2) is 72.4 Å². The van der Waals surface area contributed by atoms with E-state index in [-0.39, 0.29) is 11.3 Å². The van der Waals surface area contributed by atoms with Crippen LogP contribution in [0.3, 0.4) is 0 Å². The molecule has 1 N–H and O–H groups in total. The Balaban J connectivity index is 1.82. The van der Waals surface area contributed by atoms with Gasteiger partial charge in [-0.25, -0.2) is 4.90 Å². The summed E-state index contributed by atoms with van der Waals surface area (Å²) >= 11 is 12.1. The van der Waals surface area contributed by atoms with Crippen LogP contribution in [0, 0.1) is 18.3 Å². The topological polar surface area (TPSA) is 73.2 Å². The minimum atomic E-state index is -0.492. The van der Waals surface area contributed by atoms with E-state index in [1.165, 1.54) is 0 Å². The molecule has 1 aliphatic rings. The highest BCUT2D eigenvalue weighted by Crippen LogP contribution is 2.35. The number of imide groups is 1. The smallest absolute Gasteiger partial charge is 0.282 e. The predicted molar refractivity (Wildman–Crippen MR) is 122 cm³/mol. The molecule has 1 heterocycles. The first kappa shape index (κ1) is 20.7. The van der Waals surface area contributed by atoms with Gasteiger partial charge in [0.05, 0.1) is 22.9 Å². The average molecular weight is 448 g/mol. The Bertz CT molecular complexity index is 1270. The monoisotopic (exact) mass is 447 g/mol. The van der Waals surface area contributed by atoms with Crippen molar-refractivity contribution in [1.29, 1.82) is 5.26 Å². The lowest BCUT2D eigenvalue weighted by atomic mass is 10.0. The molecular weight excluding hydrogens is 433 g/mol. The van der Waals surface area contributed by atoms with E-state index in [4.69, 9.17) is 28.5 Å². The largest absolute Gasteiger partial charge is 0.350 e. The number of rotatable bonds is 4. The summed E-state index contributed by atoms with van der Waals surface area (Å²) in [5.41, 5.74) is 3.26. The fraction of sp³-hybridized carbons (Fsp3) is 0.0417. The van der Waals surface area contributed by atoms with Crippen molar-refractivity contribution >= 4 is 52.0 Å². The highest BCUT2D eigenvalue weighted by molar-refractivity contribution is 6.46. The number of halogens is 2. The van der Waals surface area contributed by atoms with Crippen LogP contribution in [-0.2, 0) is 9.59 Å². The third kappa shape index (κ3) is 3.91. The van der Waals surface area contributed by atoms with Crippen molar-refractivity contribution in [2.24, 2.45) is 0 Å². The Morgan fingerprint density at radius 2 is 1.52 bits per heavy atom. The molecule has 3 aromatic carbocycles. The standard InChI is InChI=1S/C24H15Cl2N3O2/c1-14-12-18(26)8-11-20(14)28-22-21(16-4-6-17(25)7-5-16)23(30)29(24(22)31)19-9-2-15(13-27)3-10-19/h2-12,28H,1H3. The van der Waals surface area contributed by atoms with Gasteiger partial charge >= 0.3 is 0 Å². The highest BCUT2D eigenvalue weighted by atomic mass is 35.5. The van der Waals surface area contributed by atoms with E-state index < -0.39 is 11.8 Å². The molecule has 5 nitrogen and oxygen atoms in total. The molecule has 0 atom stereocenters. The van der Waals surface area contributed by atoms with Crippen LogP contribution in [-0.4, -0.2) is 11.8 Å². The molecule has 0 radical (unpaired) electrons. The number of hydrogen-bond donors (Lipinski definition) is 1. The number of nitrogens with one attached hydrogen (secondary N) is 1. The van der Waals surface area contributed by atoms with Crippen molar-refractivity contribution in [1.82, 2.24) is 0 Å². The fourth-order valence-corrected chi connectivity index (χ4v) is 3.70. The molecular formula is C24H15Cl2N3O2. The average Bonchev–Trinajstić information content (AvgIpc) is 3.00. The summed E-state index contributed by atoms with van der Waals surface area (Å²) in [6.45, 7) is 1.86. The van der Waals surface area contributed by atoms with Crippen LogP contribution in [0.1, 0.15) is 16.7 Å². The highest BCUT2D eigenvalue weighted by Gasteiger charge is 2.40. The molecule has 4 rings (SSSR count). The number of hydrogen-bond acceptors (Lipinski definition) is 4. The number of nitrogens with zero attached hydrogens (tertiary/aromatic N) is 2. The van der Waals surface area contributed by atoms with E-state index in [2.05, 4.69) is 5.32 Å². The van der Waals surface area contributed by atoms with Gasteiger partial charge in [-0.1, -0.05) is 35.3 Å². The van der Waals surface area contributed by atoms with Gasteiger partial charge in [0.15, 0.2) is 0 Å². The lowest BCUT2D eigenvalue weighted by Gasteiger charge is -2.16. The van der Waals surface area contributed by atoms with Crippen LogP contribution in [0.2, 0.25) is 10.0 Å². The summed E-state index contributed by atoms with van der Waals surface area (Å²) in [5, 5.41) is 13.2. The maximum absolute atomic E-state index is 13.4. The Hall–Kier alpha value is -3.59. The molecule has 0 saturated carbocycles. The summed E-state index contributed by atoms with van der Waals surface area (Å²) in [6, 6.07) is 20.2. The second-order valence-electron chi connectivity index (χ2n) is 6.95. The lowest BCUT2D eigenvalue weighted by Crippen LogP contribution is -2.32. The summed E-state index contributed by atoms with van der Waals surface area (Å²) in [7, 11) is 0. The lowest BCUT2D eigenvalue weighted by molar-refractivity contribution is -0.120. The summed E-state index contributed by atoms with van der Waals surface area (Å²) in [4.78, 5) is 27.9. The minimum absolute atomic E-state index is 0.155. The SMILES string of the molecule is Cc1cc(Cl)ccc1NC1=C(c2ccc(Cl)cc2)C(=O)N(c2ccc(C#N)cc2)C1=O. The van der Waals surface area contributed by atoms with Gasteiger partial charge in [0.2, 0.25) is 0 Å². The molecule has 1 aliphatic heterocycles. The summed E-state index contributed by atoms with van der Waals surface area (Å²) in [5.74, 6) is -0.958. The number of carbonyl (C=O) groups is 2. The maximum Gasteiger partial charge on any atom is 0.282 e. The number of amides is 2. The first-order valence-corrected chi connectivity index (χ1v) is 10.1. The predicted octanol–water partition coefficient (Wildman–Crippen LogP) is 5.57. The van der Waals surface area contributed by atoms with Crippen molar-refractivity contribution in [2.45, 2.75) is 6.92 Å². The van der Waals surface area contributed by atoms with Crippen LogP contribution in [0.25, 0.3) is 5.57 Å². The third-order valence-electron chi connectivity index (χ3n) is 4.92. The number of aryl methyl sites for hydroxylation is 1. The number of nitriles is 1. The zero-order valence-electron chi connectivity index (χ0n) is 16.3. The molecule has 0 aliphatic carbocycles. The van der Waals surface area contributed by atoms with E-state index in [9.17, 15) is 9.59 Å². The molecule has 7 heteroatoms. The molecule has 2 amide bonds. The van der Waals surface area contributed by atoms with Crippen LogP contribution in [0.4, 0.5) is 11.4 Å². The van der Waals surface area contributed by atoms with E-state index in [1.807, 2.05) is 13.0 Å². The second kappa shape index (κ2) is 8.27. The molecule has 0 spiro atoms. The number of carbonyl (C=O) groups excluding carboxylic acids is 2. The molecule has 0 saturated heterocycles. The first-order chi connectivity index (χ1) is 14.9. The van der Waals surface area contributed by atoms with Gasteiger partial charge in [-0.05, 0) is 72.6 Å². The zero-order valence-corrected chi connectivity index (χ0v) is 17.8. The molecule has 0 fully saturated rings. The molecule has 0 unspecified atom stereocenters. The summed E-state index contributed by atoms with van der Waals surface area (Å²) in [6.07, 6.45) is 0. The Morgan fingerprint density at radius 3 is 2.13 bits per heavy atom. The zero-order chi connectivity index (χ0) is 22.1. The Kier molecular flexibility index (Phi) is 5.51. The molecule has 152 valence electrons. The Morgan fingerprint density at radius 1 is 0.871 bits per heavy atom. The minimum Gasteiger partial charge on any atom is -0.350 e. The van der Waals surface area contributed by atoms with Gasteiger partial charge in [0.25, 0.3) is 11.8 Å². The van der Waals surface area contributed by atoms with Crippen molar-refractivity contribution < 1.29 is 9.59 Å². The first-order valence-electron chi connectivity index (χ1n) is 9.31. The summed E-state index contributed by atoms with van der Waals surface area (Å²) < 4.78 is 0. The van der Waals surface area contributed by atoms with E-state index in [1.54, 1.807) is 66.7 Å². The van der Waals surface area contributed by atoms with Gasteiger partial charge in [-0.15, -0.1) is 0 Å². The Labute approximate surface area is 189 Å². The fourth-order valence-electron chi connectivity index (χ4n) is 3.35. The van der Waals surface area contributed by atoms with Crippen molar-refractivity contribution in [3.05, 3.63) is 99.2 Å². The van der Waals surface area contributed by atoms with Crippen LogP contribution < -0.4 is 10.2 Å². The third-order valence-corrected chi connectivity index (χ3v) is 5.41. The van der Waals surface area contributed by atoms with Crippen molar-refractivity contribution in [2.75, 3.05) is 10.2 Å². The van der Waals surface area contributed by atoms with Crippen LogP contribution in [0.5, 0.6) is 0 Å². The maximum atomic E-state index is 13.4. The number of anilines is 2. The van der Waals surface area contributed by atoms with Gasteiger partial charge in [0.1, 0.15) is 5.70 Å². The van der Waals surface area contributed by atoms with Gasteiger partial charge in [0, 0.05) is 15.7 Å². The normalized spacial score (nSPS) is 13.5. The molecule has 3 aromatic rings. The molecule has 0 aromatic heterocycles. The molecule has 0 bridgehead atoms. The number of benzene rings is 3. The van der Waals surface area contributed by atoms with E-state index in [0.29, 0.717) is 32.5 Å². The van der Waals surface area contributed by atoms with Crippen LogP contribution >= 0.6 is 23.2 Å². The van der Waals surface area contributed by atoms with E-state index >= 15 is 0 Å². The van der Waals surface area contributed by atoms with Gasteiger partial charge in [-0.2, -0.15) is 5.26 Å². The molecule has 31 heavy (non-hydrogen) atoms.